The van der Waals surface area contributed by atoms with Gasteiger partial charge in [-0.1, -0.05) is 23.7 Å². The molecule has 0 saturated heterocycles. The van der Waals surface area contributed by atoms with E-state index in [9.17, 15) is 19.8 Å². The summed E-state index contributed by atoms with van der Waals surface area (Å²) in [7, 11) is 0. The van der Waals surface area contributed by atoms with E-state index in [1.165, 1.54) is 0 Å². The third-order valence-electron chi connectivity index (χ3n) is 1.42. The number of carboxylic acid groups (broad SMARTS) is 2. The molecule has 1 rings (SSSR count). The number of aromatic carboxylic acids is 2. The van der Waals surface area contributed by atoms with E-state index in [1.54, 1.807) is 0 Å². The van der Waals surface area contributed by atoms with Gasteiger partial charge >= 0.3 is 59.1 Å². The smallest absolute Gasteiger partial charge is 0.545 e. The van der Waals surface area contributed by atoms with Crippen LogP contribution in [0.4, 0.5) is 0 Å². The number of rotatable bonds is 2. The first-order valence-corrected chi connectivity index (χ1v) is 3.62. The molecule has 0 N–H and O–H groups in total. The molecule has 0 aliphatic heterocycles. The van der Waals surface area contributed by atoms with Gasteiger partial charge in [0.25, 0.3) is 0 Å². The van der Waals surface area contributed by atoms with Gasteiger partial charge in [0.15, 0.2) is 0 Å². The van der Waals surface area contributed by atoms with Gasteiger partial charge in [0.2, 0.25) is 0 Å². The Bertz CT molecular complexity index is 381. The van der Waals surface area contributed by atoms with Crippen LogP contribution in [0.1, 0.15) is 20.7 Å². The van der Waals surface area contributed by atoms with Crippen molar-refractivity contribution in [3.05, 3.63) is 34.3 Å². The molecule has 0 amide bonds. The Balaban J connectivity index is 0. The molecule has 0 fully saturated rings. The van der Waals surface area contributed by atoms with Crippen molar-refractivity contribution < 1.29 is 78.9 Å². The van der Waals surface area contributed by atoms with Crippen LogP contribution in [0.25, 0.3) is 0 Å². The molecular weight excluding hydrogens is 242 g/mol. The van der Waals surface area contributed by atoms with E-state index >= 15 is 0 Å². The van der Waals surface area contributed by atoms with E-state index in [-0.39, 0.29) is 75.3 Å². The second-order valence-corrected chi connectivity index (χ2v) is 2.68. The minimum Gasteiger partial charge on any atom is -0.545 e. The van der Waals surface area contributed by atoms with Crippen LogP contribution in [0, 0.1) is 0 Å². The van der Waals surface area contributed by atoms with Crippen molar-refractivity contribution in [1.82, 2.24) is 0 Å². The van der Waals surface area contributed by atoms with Crippen LogP contribution in [0.2, 0.25) is 5.02 Å². The zero-order valence-electron chi connectivity index (χ0n) is 8.24. The number of carboxylic acids is 2. The van der Waals surface area contributed by atoms with Crippen molar-refractivity contribution in [3.8, 4) is 0 Å². The molecular formula is C8H3ClNa2O4. The fourth-order valence-electron chi connectivity index (χ4n) is 0.808. The van der Waals surface area contributed by atoms with Gasteiger partial charge in [-0.15, -0.1) is 0 Å². The minimum absolute atomic E-state index is 0. The van der Waals surface area contributed by atoms with Crippen LogP contribution in [0.3, 0.4) is 0 Å². The molecule has 68 valence electrons. The summed E-state index contributed by atoms with van der Waals surface area (Å²) in [5.74, 6) is -2.86. The third-order valence-corrected chi connectivity index (χ3v) is 1.74. The summed E-state index contributed by atoms with van der Waals surface area (Å²) >= 11 is 5.46. The molecule has 0 heterocycles. The Kier molecular flexibility index (Phi) is 9.13. The number of benzene rings is 1. The Morgan fingerprint density at radius 1 is 1.07 bits per heavy atom. The first-order chi connectivity index (χ1) is 6.02. The average Bonchev–Trinajstić information content (AvgIpc) is 2.03. The van der Waals surface area contributed by atoms with E-state index in [4.69, 9.17) is 11.6 Å². The molecule has 1 aromatic carbocycles. The molecule has 0 aliphatic carbocycles. The molecule has 0 unspecified atom stereocenters. The summed E-state index contributed by atoms with van der Waals surface area (Å²) in [5.41, 5.74) is -0.415. The SMILES string of the molecule is O=C([O-])c1ccc(C(=O)[O-])c(Cl)c1.[Na+].[Na+]. The zero-order chi connectivity index (χ0) is 10.0. The average molecular weight is 245 g/mol. The van der Waals surface area contributed by atoms with Gasteiger partial charge in [-0.3, -0.25) is 0 Å². The van der Waals surface area contributed by atoms with Crippen LogP contribution in [-0.2, 0) is 0 Å². The minimum atomic E-state index is -1.45. The molecule has 15 heavy (non-hydrogen) atoms. The van der Waals surface area contributed by atoms with Crippen LogP contribution < -0.4 is 69.3 Å². The standard InChI is InChI=1S/C8H5ClO4.2Na/c9-6-3-4(7(10)11)1-2-5(6)8(12)13;;/h1-3H,(H,10,11)(H,12,13);;/q;2*+1/p-2. The predicted octanol–water partition coefficient (Wildman–Crippen LogP) is -6.92. The summed E-state index contributed by atoms with van der Waals surface area (Å²) in [4.78, 5) is 20.6. The van der Waals surface area contributed by atoms with Gasteiger partial charge in [0.1, 0.15) is 0 Å². The monoisotopic (exact) mass is 244 g/mol. The normalized spacial score (nSPS) is 8.33. The third kappa shape index (κ3) is 4.87. The number of hydrogen-bond donors (Lipinski definition) is 0. The zero-order valence-corrected chi connectivity index (χ0v) is 13.0. The van der Waals surface area contributed by atoms with Crippen LogP contribution in [-0.4, -0.2) is 11.9 Å². The summed E-state index contributed by atoms with van der Waals surface area (Å²) in [5, 5.41) is 20.5. The maximum atomic E-state index is 10.3. The molecule has 0 spiro atoms. The van der Waals surface area contributed by atoms with Gasteiger partial charge < -0.3 is 19.8 Å². The predicted molar refractivity (Wildman–Crippen MR) is 40.1 cm³/mol. The van der Waals surface area contributed by atoms with E-state index in [0.717, 1.165) is 18.2 Å². The number of halogens is 1. The van der Waals surface area contributed by atoms with Gasteiger partial charge in [-0.05, 0) is 11.6 Å². The largest absolute Gasteiger partial charge is 1.00 e. The van der Waals surface area contributed by atoms with Crippen molar-refractivity contribution >= 4 is 23.5 Å². The molecule has 1 aromatic rings. The van der Waals surface area contributed by atoms with Gasteiger partial charge in [0.05, 0.1) is 17.0 Å². The van der Waals surface area contributed by atoms with Crippen molar-refractivity contribution in [1.29, 1.82) is 0 Å². The topological polar surface area (TPSA) is 80.3 Å². The Labute approximate surface area is 135 Å². The summed E-state index contributed by atoms with van der Waals surface area (Å²) in [6.45, 7) is 0. The van der Waals surface area contributed by atoms with E-state index in [0.29, 0.717) is 0 Å². The molecule has 4 nitrogen and oxygen atoms in total. The first kappa shape index (κ1) is 17.8. The van der Waals surface area contributed by atoms with Crippen molar-refractivity contribution in [3.63, 3.8) is 0 Å². The van der Waals surface area contributed by atoms with Crippen LogP contribution >= 0.6 is 11.6 Å². The van der Waals surface area contributed by atoms with E-state index in [2.05, 4.69) is 0 Å². The van der Waals surface area contributed by atoms with E-state index in [1.807, 2.05) is 0 Å². The molecule has 0 aliphatic rings. The summed E-state index contributed by atoms with van der Waals surface area (Å²) < 4.78 is 0. The van der Waals surface area contributed by atoms with Gasteiger partial charge in [-0.25, -0.2) is 0 Å². The maximum Gasteiger partial charge on any atom is 1.00 e. The molecule has 7 heteroatoms. The second-order valence-electron chi connectivity index (χ2n) is 2.27. The van der Waals surface area contributed by atoms with Gasteiger partial charge in [0, 0.05) is 5.56 Å². The van der Waals surface area contributed by atoms with Crippen molar-refractivity contribution in [2.24, 2.45) is 0 Å². The Morgan fingerprint density at radius 3 is 1.93 bits per heavy atom. The summed E-state index contributed by atoms with van der Waals surface area (Å²) in [6, 6.07) is 3.15. The number of carbonyl (C=O) groups is 2. The van der Waals surface area contributed by atoms with Gasteiger partial charge in [-0.2, -0.15) is 0 Å². The van der Waals surface area contributed by atoms with E-state index < -0.39 is 11.9 Å². The van der Waals surface area contributed by atoms with Crippen LogP contribution in [0.5, 0.6) is 0 Å². The molecule has 0 radical (unpaired) electrons. The quantitative estimate of drug-likeness (QED) is 0.484. The van der Waals surface area contributed by atoms with Crippen molar-refractivity contribution in [2.75, 3.05) is 0 Å². The molecule has 0 atom stereocenters. The van der Waals surface area contributed by atoms with Crippen LogP contribution in [0.15, 0.2) is 18.2 Å². The number of carbonyl (C=O) groups excluding carboxylic acids is 2. The Morgan fingerprint density at radius 2 is 1.60 bits per heavy atom. The molecule has 0 bridgehead atoms. The fraction of sp³-hybridized carbons (Fsp3) is 0. The molecule has 0 aromatic heterocycles. The fourth-order valence-corrected chi connectivity index (χ4v) is 1.07. The summed E-state index contributed by atoms with van der Waals surface area (Å²) in [6.07, 6.45) is 0. The first-order valence-electron chi connectivity index (χ1n) is 3.24. The second kappa shape index (κ2) is 7.68. The Hall–Kier alpha value is 0.450. The van der Waals surface area contributed by atoms with Crippen molar-refractivity contribution in [2.45, 2.75) is 0 Å². The maximum absolute atomic E-state index is 10.3. The number of hydrogen-bond acceptors (Lipinski definition) is 4. The molecule has 0 saturated carbocycles.